The SMILES string of the molecule is CCC/C=C\C1CCN(C(=O)OC(C)(C)C)CC1.CCCC1CC1C1CCN(C(=O)OC(C)(C)C)CC1. The molecule has 1 saturated carbocycles. The molecule has 37 heavy (non-hydrogen) atoms. The van der Waals surface area contributed by atoms with Crippen molar-refractivity contribution in [1.29, 1.82) is 0 Å². The van der Waals surface area contributed by atoms with Crippen LogP contribution in [0.3, 0.4) is 0 Å². The molecule has 6 nitrogen and oxygen atoms in total. The summed E-state index contributed by atoms with van der Waals surface area (Å²) >= 11 is 0. The van der Waals surface area contributed by atoms with Crippen LogP contribution in [-0.4, -0.2) is 59.4 Å². The lowest BCUT2D eigenvalue weighted by Gasteiger charge is -2.33. The molecule has 2 aliphatic heterocycles. The van der Waals surface area contributed by atoms with Gasteiger partial charge in [-0.3, -0.25) is 0 Å². The number of piperidine rings is 2. The molecule has 2 unspecified atom stereocenters. The number of likely N-dealkylation sites (tertiary alicyclic amines) is 2. The van der Waals surface area contributed by atoms with Crippen LogP contribution in [0.5, 0.6) is 0 Å². The maximum absolute atomic E-state index is 12.0. The molecule has 0 spiro atoms. The standard InChI is InChI=1S/C16H29NO2.C15H27NO2/c1-5-6-13-11-14(13)12-7-9-17(10-8-12)15(18)19-16(2,3)4;1-5-6-7-8-13-9-11-16(12-10-13)14(17)18-15(2,3)4/h12-14H,5-11H2,1-4H3;7-8,13H,5-6,9-12H2,1-4H3/b;8-7-. The number of amides is 2. The van der Waals surface area contributed by atoms with Crippen molar-refractivity contribution in [3.8, 4) is 0 Å². The number of hydrogen-bond donors (Lipinski definition) is 0. The fourth-order valence-electron chi connectivity index (χ4n) is 5.44. The van der Waals surface area contributed by atoms with E-state index in [1.807, 2.05) is 51.3 Å². The van der Waals surface area contributed by atoms with E-state index in [4.69, 9.17) is 9.47 Å². The highest BCUT2D eigenvalue weighted by Gasteiger charge is 2.43. The maximum atomic E-state index is 12.0. The smallest absolute Gasteiger partial charge is 0.410 e. The summed E-state index contributed by atoms with van der Waals surface area (Å²) in [7, 11) is 0. The predicted molar refractivity (Wildman–Crippen MR) is 152 cm³/mol. The molecule has 2 amide bonds. The first kappa shape index (κ1) is 31.5. The zero-order chi connectivity index (χ0) is 27.6. The van der Waals surface area contributed by atoms with Gasteiger partial charge in [0.2, 0.25) is 0 Å². The second kappa shape index (κ2) is 14.4. The van der Waals surface area contributed by atoms with Crippen molar-refractivity contribution in [2.24, 2.45) is 23.7 Å². The van der Waals surface area contributed by atoms with Crippen LogP contribution in [0.15, 0.2) is 12.2 Å². The number of unbranched alkanes of at least 4 members (excludes halogenated alkanes) is 1. The van der Waals surface area contributed by atoms with E-state index in [1.54, 1.807) is 0 Å². The second-order valence-electron chi connectivity index (χ2n) is 13.3. The van der Waals surface area contributed by atoms with Crippen molar-refractivity contribution in [3.05, 3.63) is 12.2 Å². The second-order valence-corrected chi connectivity index (χ2v) is 13.3. The molecule has 6 heteroatoms. The number of rotatable bonds is 6. The van der Waals surface area contributed by atoms with Gasteiger partial charge in [-0.05, 0) is 104 Å². The zero-order valence-electron chi connectivity index (χ0n) is 25.2. The lowest BCUT2D eigenvalue weighted by Crippen LogP contribution is -2.42. The number of allylic oxidation sites excluding steroid dienone is 2. The van der Waals surface area contributed by atoms with E-state index in [-0.39, 0.29) is 17.8 Å². The number of carbonyl (C=O) groups is 2. The third-order valence-electron chi connectivity index (χ3n) is 7.49. The Morgan fingerprint density at radius 1 is 0.784 bits per heavy atom. The van der Waals surface area contributed by atoms with Crippen LogP contribution < -0.4 is 0 Å². The molecule has 3 rings (SSSR count). The predicted octanol–water partition coefficient (Wildman–Crippen LogP) is 8.06. The Bertz CT molecular complexity index is 720. The van der Waals surface area contributed by atoms with Gasteiger partial charge in [-0.1, -0.05) is 45.3 Å². The van der Waals surface area contributed by atoms with E-state index in [2.05, 4.69) is 26.0 Å². The fourth-order valence-corrected chi connectivity index (χ4v) is 5.44. The van der Waals surface area contributed by atoms with E-state index in [9.17, 15) is 9.59 Å². The summed E-state index contributed by atoms with van der Waals surface area (Å²) in [5, 5.41) is 0. The van der Waals surface area contributed by atoms with E-state index < -0.39 is 5.60 Å². The van der Waals surface area contributed by atoms with Crippen molar-refractivity contribution >= 4 is 12.2 Å². The molecule has 0 aromatic carbocycles. The van der Waals surface area contributed by atoms with Crippen LogP contribution >= 0.6 is 0 Å². The average molecular weight is 521 g/mol. The summed E-state index contributed by atoms with van der Waals surface area (Å²) < 4.78 is 10.8. The minimum Gasteiger partial charge on any atom is -0.444 e. The lowest BCUT2D eigenvalue weighted by atomic mass is 9.90. The maximum Gasteiger partial charge on any atom is 0.410 e. The van der Waals surface area contributed by atoms with Crippen LogP contribution in [0.1, 0.15) is 113 Å². The molecule has 0 radical (unpaired) electrons. The van der Waals surface area contributed by atoms with Crippen molar-refractivity contribution in [2.45, 2.75) is 124 Å². The van der Waals surface area contributed by atoms with Gasteiger partial charge in [0, 0.05) is 26.2 Å². The third-order valence-corrected chi connectivity index (χ3v) is 7.49. The monoisotopic (exact) mass is 520 g/mol. The van der Waals surface area contributed by atoms with Gasteiger partial charge in [0.15, 0.2) is 0 Å². The molecule has 2 atom stereocenters. The Kier molecular flexibility index (Phi) is 12.3. The van der Waals surface area contributed by atoms with E-state index >= 15 is 0 Å². The highest BCUT2D eigenvalue weighted by Crippen LogP contribution is 2.50. The number of hydrogen-bond acceptors (Lipinski definition) is 4. The first-order chi connectivity index (χ1) is 17.3. The summed E-state index contributed by atoms with van der Waals surface area (Å²) in [4.78, 5) is 27.6. The molecule has 0 N–H and O–H groups in total. The molecule has 214 valence electrons. The molecule has 1 aliphatic carbocycles. The molecular formula is C31H56N2O4. The Morgan fingerprint density at radius 2 is 1.27 bits per heavy atom. The van der Waals surface area contributed by atoms with Gasteiger partial charge in [0.1, 0.15) is 11.2 Å². The van der Waals surface area contributed by atoms with E-state index in [1.165, 1.54) is 38.5 Å². The molecular weight excluding hydrogens is 464 g/mol. The first-order valence-corrected chi connectivity index (χ1v) is 15.0. The van der Waals surface area contributed by atoms with Crippen LogP contribution in [0.2, 0.25) is 0 Å². The van der Waals surface area contributed by atoms with Gasteiger partial charge in [-0.15, -0.1) is 0 Å². The summed E-state index contributed by atoms with van der Waals surface area (Å²) in [6, 6.07) is 0. The number of nitrogens with zero attached hydrogens (tertiary/aromatic N) is 2. The Balaban J connectivity index is 0.000000261. The van der Waals surface area contributed by atoms with Crippen molar-refractivity contribution in [3.63, 3.8) is 0 Å². The normalized spacial score (nSPS) is 23.5. The highest BCUT2D eigenvalue weighted by atomic mass is 16.6. The van der Waals surface area contributed by atoms with Crippen LogP contribution in [0.4, 0.5) is 9.59 Å². The minimum atomic E-state index is -0.394. The quantitative estimate of drug-likeness (QED) is 0.332. The van der Waals surface area contributed by atoms with Crippen molar-refractivity contribution in [1.82, 2.24) is 9.80 Å². The number of ether oxygens (including phenoxy) is 2. The molecule has 2 heterocycles. The lowest BCUT2D eigenvalue weighted by molar-refractivity contribution is 0.0170. The molecule has 0 bridgehead atoms. The van der Waals surface area contributed by atoms with Crippen LogP contribution in [0.25, 0.3) is 0 Å². The number of carbonyl (C=O) groups excluding carboxylic acids is 2. The molecule has 2 saturated heterocycles. The van der Waals surface area contributed by atoms with Crippen molar-refractivity contribution in [2.75, 3.05) is 26.2 Å². The first-order valence-electron chi connectivity index (χ1n) is 15.0. The van der Waals surface area contributed by atoms with Crippen molar-refractivity contribution < 1.29 is 19.1 Å². The van der Waals surface area contributed by atoms with Gasteiger partial charge < -0.3 is 19.3 Å². The Morgan fingerprint density at radius 3 is 1.70 bits per heavy atom. The van der Waals surface area contributed by atoms with Gasteiger partial charge in [-0.25, -0.2) is 9.59 Å². The minimum absolute atomic E-state index is 0.133. The Hall–Kier alpha value is -1.72. The molecule has 0 aromatic rings. The third kappa shape index (κ3) is 12.1. The zero-order valence-corrected chi connectivity index (χ0v) is 25.2. The fraction of sp³-hybridized carbons (Fsp3) is 0.871. The van der Waals surface area contributed by atoms with Gasteiger partial charge in [0.25, 0.3) is 0 Å². The highest BCUT2D eigenvalue weighted by molar-refractivity contribution is 5.68. The Labute approximate surface area is 227 Å². The molecule has 3 fully saturated rings. The molecule has 3 aliphatic rings. The summed E-state index contributed by atoms with van der Waals surface area (Å²) in [6.07, 6.45) is 15.3. The van der Waals surface area contributed by atoms with Crippen LogP contribution in [0, 0.1) is 23.7 Å². The van der Waals surface area contributed by atoms with Crippen LogP contribution in [-0.2, 0) is 9.47 Å². The van der Waals surface area contributed by atoms with Gasteiger partial charge >= 0.3 is 12.2 Å². The van der Waals surface area contributed by atoms with E-state index in [0.29, 0.717) is 5.92 Å². The summed E-state index contributed by atoms with van der Waals surface area (Å²) in [5.41, 5.74) is -0.772. The summed E-state index contributed by atoms with van der Waals surface area (Å²) in [5.74, 6) is 3.44. The largest absolute Gasteiger partial charge is 0.444 e. The molecule has 0 aromatic heterocycles. The summed E-state index contributed by atoms with van der Waals surface area (Å²) in [6.45, 7) is 19.4. The van der Waals surface area contributed by atoms with E-state index in [0.717, 1.165) is 63.2 Å². The average Bonchev–Trinajstić information content (AvgIpc) is 3.57. The van der Waals surface area contributed by atoms with Gasteiger partial charge in [-0.2, -0.15) is 0 Å². The topological polar surface area (TPSA) is 59.1 Å². The van der Waals surface area contributed by atoms with Gasteiger partial charge in [0.05, 0.1) is 0 Å².